The molecule has 0 bridgehead atoms. The van der Waals surface area contributed by atoms with Gasteiger partial charge in [0.2, 0.25) is 0 Å². The van der Waals surface area contributed by atoms with Crippen molar-refractivity contribution in [2.24, 2.45) is 5.84 Å². The Morgan fingerprint density at radius 3 is 2.67 bits per heavy atom. The number of rotatable bonds is 5. The van der Waals surface area contributed by atoms with Crippen LogP contribution in [0.15, 0.2) is 34.1 Å². The molecule has 0 aliphatic carbocycles. The van der Waals surface area contributed by atoms with Crippen LogP contribution in [0.2, 0.25) is 0 Å². The number of thiazole rings is 1. The number of nitrogens with one attached hydrogen (secondary N) is 1. The highest BCUT2D eigenvalue weighted by atomic mass is 79.9. The van der Waals surface area contributed by atoms with Crippen LogP contribution in [0.25, 0.3) is 0 Å². The van der Waals surface area contributed by atoms with Crippen LogP contribution >= 0.6 is 27.3 Å². The Morgan fingerprint density at radius 2 is 2.10 bits per heavy atom. The van der Waals surface area contributed by atoms with Gasteiger partial charge >= 0.3 is 0 Å². The summed E-state index contributed by atoms with van der Waals surface area (Å²) in [6, 6.07) is 8.53. The molecular weight excluding hydrogens is 346 g/mol. The normalized spacial score (nSPS) is 13.4. The molecule has 1 aromatic carbocycles. The second kappa shape index (κ2) is 7.01. The van der Waals surface area contributed by atoms with Crippen LogP contribution in [-0.2, 0) is 18.3 Å². The van der Waals surface area contributed by atoms with E-state index in [2.05, 4.69) is 59.6 Å². The lowest BCUT2D eigenvalue weighted by Gasteiger charge is -2.16. The number of nitrogens with zero attached hydrogens (tertiary/aromatic N) is 1. The van der Waals surface area contributed by atoms with Crippen molar-refractivity contribution in [2.75, 3.05) is 0 Å². The van der Waals surface area contributed by atoms with Crippen molar-refractivity contribution in [1.29, 1.82) is 0 Å². The lowest BCUT2D eigenvalue weighted by molar-refractivity contribution is 0.517. The molecule has 1 unspecified atom stereocenters. The maximum Gasteiger partial charge on any atom is 0.0944 e. The molecule has 114 valence electrons. The van der Waals surface area contributed by atoms with E-state index in [1.807, 2.05) is 12.1 Å². The van der Waals surface area contributed by atoms with E-state index in [1.54, 1.807) is 11.3 Å². The predicted molar refractivity (Wildman–Crippen MR) is 93.5 cm³/mol. The Balaban J connectivity index is 2.04. The van der Waals surface area contributed by atoms with E-state index in [0.29, 0.717) is 0 Å². The highest BCUT2D eigenvalue weighted by Crippen LogP contribution is 2.24. The molecule has 1 heterocycles. The first kappa shape index (κ1) is 16.6. The third-order valence-corrected chi connectivity index (χ3v) is 4.71. The van der Waals surface area contributed by atoms with Gasteiger partial charge in [0.15, 0.2) is 0 Å². The predicted octanol–water partition coefficient (Wildman–Crippen LogP) is 3.82. The van der Waals surface area contributed by atoms with Gasteiger partial charge in [-0.05, 0) is 24.1 Å². The van der Waals surface area contributed by atoms with Crippen molar-refractivity contribution in [3.8, 4) is 0 Å². The fraction of sp³-hybridized carbons (Fsp3) is 0.438. The molecule has 0 aliphatic heterocycles. The van der Waals surface area contributed by atoms with Crippen molar-refractivity contribution in [3.63, 3.8) is 0 Å². The zero-order chi connectivity index (χ0) is 15.5. The Labute approximate surface area is 139 Å². The van der Waals surface area contributed by atoms with E-state index in [0.717, 1.165) is 28.0 Å². The lowest BCUT2D eigenvalue weighted by Crippen LogP contribution is -2.38. The van der Waals surface area contributed by atoms with Gasteiger partial charge in [0.25, 0.3) is 0 Å². The summed E-state index contributed by atoms with van der Waals surface area (Å²) < 4.78 is 1.10. The maximum absolute atomic E-state index is 5.71. The first-order valence-corrected chi connectivity index (χ1v) is 8.71. The van der Waals surface area contributed by atoms with Gasteiger partial charge in [-0.15, -0.1) is 11.3 Å². The number of nitrogens with two attached hydrogens (primary N) is 1. The number of hydrogen-bond donors (Lipinski definition) is 2. The Hall–Kier alpha value is -0.750. The molecule has 3 nitrogen and oxygen atoms in total. The zero-order valence-corrected chi connectivity index (χ0v) is 15.1. The summed E-state index contributed by atoms with van der Waals surface area (Å²) in [7, 11) is 0. The van der Waals surface area contributed by atoms with Crippen molar-refractivity contribution in [2.45, 2.75) is 45.1 Å². The van der Waals surface area contributed by atoms with Gasteiger partial charge in [0.05, 0.1) is 10.7 Å². The summed E-state index contributed by atoms with van der Waals surface area (Å²) in [6.45, 7) is 6.56. The fourth-order valence-corrected chi connectivity index (χ4v) is 3.65. The minimum atomic E-state index is 0.102. The van der Waals surface area contributed by atoms with Crippen molar-refractivity contribution < 1.29 is 0 Å². The van der Waals surface area contributed by atoms with Crippen LogP contribution < -0.4 is 11.3 Å². The van der Waals surface area contributed by atoms with Crippen molar-refractivity contribution >= 4 is 27.3 Å². The summed E-state index contributed by atoms with van der Waals surface area (Å²) >= 11 is 5.22. The molecule has 0 fully saturated rings. The van der Waals surface area contributed by atoms with Crippen molar-refractivity contribution in [1.82, 2.24) is 10.4 Å². The lowest BCUT2D eigenvalue weighted by atomic mass is 9.93. The van der Waals surface area contributed by atoms with Gasteiger partial charge in [-0.25, -0.2) is 4.98 Å². The van der Waals surface area contributed by atoms with Crippen LogP contribution in [0, 0.1) is 0 Å². The number of benzene rings is 1. The molecular formula is C16H22BrN3S. The van der Waals surface area contributed by atoms with Crippen LogP contribution in [0.5, 0.6) is 0 Å². The molecule has 3 N–H and O–H groups in total. The number of hydrogen-bond acceptors (Lipinski definition) is 4. The quantitative estimate of drug-likeness (QED) is 0.623. The molecule has 0 spiro atoms. The summed E-state index contributed by atoms with van der Waals surface area (Å²) in [5, 5.41) is 3.29. The Kier molecular flexibility index (Phi) is 5.54. The topological polar surface area (TPSA) is 50.9 Å². The molecule has 0 saturated carbocycles. The third-order valence-electron chi connectivity index (χ3n) is 3.35. The Bertz CT molecular complexity index is 589. The van der Waals surface area contributed by atoms with E-state index >= 15 is 0 Å². The summed E-state index contributed by atoms with van der Waals surface area (Å²) in [6.07, 6.45) is 1.74. The minimum Gasteiger partial charge on any atom is -0.271 e. The van der Waals surface area contributed by atoms with Gasteiger partial charge in [-0.1, -0.05) is 48.8 Å². The fourth-order valence-electron chi connectivity index (χ4n) is 2.10. The highest BCUT2D eigenvalue weighted by molar-refractivity contribution is 9.10. The average molecular weight is 368 g/mol. The first-order valence-electron chi connectivity index (χ1n) is 7.04. The molecule has 0 aliphatic rings. The number of halogens is 1. The Morgan fingerprint density at radius 1 is 1.33 bits per heavy atom. The molecule has 2 rings (SSSR count). The van der Waals surface area contributed by atoms with E-state index in [-0.39, 0.29) is 11.5 Å². The van der Waals surface area contributed by atoms with Crippen molar-refractivity contribution in [3.05, 3.63) is 50.4 Å². The van der Waals surface area contributed by atoms with Gasteiger partial charge in [0, 0.05) is 27.7 Å². The molecule has 1 atom stereocenters. The minimum absolute atomic E-state index is 0.102. The highest BCUT2D eigenvalue weighted by Gasteiger charge is 2.19. The number of hydrazine groups is 1. The molecule has 21 heavy (non-hydrogen) atoms. The van der Waals surface area contributed by atoms with Gasteiger partial charge in [0.1, 0.15) is 0 Å². The van der Waals surface area contributed by atoms with Crippen LogP contribution in [0.4, 0.5) is 0 Å². The average Bonchev–Trinajstić information content (AvgIpc) is 2.86. The van der Waals surface area contributed by atoms with E-state index in [9.17, 15) is 0 Å². The van der Waals surface area contributed by atoms with Gasteiger partial charge in [-0.3, -0.25) is 11.3 Å². The summed E-state index contributed by atoms with van der Waals surface area (Å²) in [4.78, 5) is 4.74. The first-order chi connectivity index (χ1) is 9.88. The molecule has 0 amide bonds. The van der Waals surface area contributed by atoms with E-state index in [4.69, 9.17) is 10.8 Å². The standard InChI is InChI=1S/C16H22BrN3S/c1-16(2,3)14-10-21-15(19-14)9-13(20-18)8-11-5-4-6-12(17)7-11/h4-7,10,13,20H,8-9,18H2,1-3H3. The molecule has 5 heteroatoms. The second-order valence-electron chi connectivity index (χ2n) is 6.28. The largest absolute Gasteiger partial charge is 0.271 e. The maximum atomic E-state index is 5.71. The summed E-state index contributed by atoms with van der Waals surface area (Å²) in [5.41, 5.74) is 5.44. The van der Waals surface area contributed by atoms with Crippen LogP contribution in [-0.4, -0.2) is 11.0 Å². The molecule has 1 aromatic heterocycles. The molecule has 0 radical (unpaired) electrons. The molecule has 0 saturated heterocycles. The summed E-state index contributed by atoms with van der Waals surface area (Å²) in [5.74, 6) is 5.71. The van der Waals surface area contributed by atoms with Crippen LogP contribution in [0.1, 0.15) is 37.0 Å². The van der Waals surface area contributed by atoms with E-state index in [1.165, 1.54) is 5.56 Å². The zero-order valence-electron chi connectivity index (χ0n) is 12.7. The monoisotopic (exact) mass is 367 g/mol. The SMILES string of the molecule is CC(C)(C)c1csc(CC(Cc2cccc(Br)c2)NN)n1. The van der Waals surface area contributed by atoms with E-state index < -0.39 is 0 Å². The smallest absolute Gasteiger partial charge is 0.0944 e. The number of aromatic nitrogens is 1. The van der Waals surface area contributed by atoms with Gasteiger partial charge < -0.3 is 0 Å². The second-order valence-corrected chi connectivity index (χ2v) is 8.14. The molecule has 2 aromatic rings. The van der Waals surface area contributed by atoms with Crippen LogP contribution in [0.3, 0.4) is 0 Å². The third kappa shape index (κ3) is 4.88. The van der Waals surface area contributed by atoms with Gasteiger partial charge in [-0.2, -0.15) is 0 Å².